The highest BCUT2D eigenvalue weighted by atomic mass is 19.1. The zero-order valence-electron chi connectivity index (χ0n) is 18.6. The summed E-state index contributed by atoms with van der Waals surface area (Å²) in [6.45, 7) is 4.13. The van der Waals surface area contributed by atoms with Gasteiger partial charge in [-0.2, -0.15) is 10.2 Å². The van der Waals surface area contributed by atoms with Crippen LogP contribution in [-0.2, 0) is 20.8 Å². The Morgan fingerprint density at radius 2 is 2.24 bits per heavy atom. The highest BCUT2D eigenvalue weighted by Gasteiger charge is 2.44. The van der Waals surface area contributed by atoms with E-state index in [1.165, 1.54) is 0 Å². The van der Waals surface area contributed by atoms with Crippen LogP contribution < -0.4 is 10.6 Å². The summed E-state index contributed by atoms with van der Waals surface area (Å²) in [6.07, 6.45) is -0.450. The number of alkyl carbamates (subject to hydrolysis) is 1. The molecular weight excluding hydrogens is 433 g/mol. The Morgan fingerprint density at radius 1 is 1.42 bits per heavy atom. The number of ether oxygens (including phenoxy) is 3. The standard InChI is InChI=1S/C21H26FN7O4/c1-11-8-29-14(6-12(28-29)9-31-3)19(23-11)24-16-7-13(26-27-16)18-17(22)15(10-32-18)33-20(30)25-21(2)4-5-21/h6-8,15,17-18H,4-5,9-10H2,1-3H3,(H,25,30)(H2,23,24,26,27)/t15-,17-,18-/m1/s1. The number of nitrogens with zero attached hydrogens (tertiary/aromatic N) is 4. The topological polar surface area (TPSA) is 128 Å². The van der Waals surface area contributed by atoms with Gasteiger partial charge in [-0.1, -0.05) is 0 Å². The maximum Gasteiger partial charge on any atom is 0.408 e. The first-order valence-electron chi connectivity index (χ1n) is 10.8. The van der Waals surface area contributed by atoms with Crippen molar-refractivity contribution in [1.82, 2.24) is 30.1 Å². The number of hydrogen-bond donors (Lipinski definition) is 3. The third-order valence-corrected chi connectivity index (χ3v) is 5.82. The first-order chi connectivity index (χ1) is 15.8. The second-order valence-corrected chi connectivity index (χ2v) is 8.79. The zero-order valence-corrected chi connectivity index (χ0v) is 18.6. The van der Waals surface area contributed by atoms with E-state index in [1.54, 1.807) is 17.7 Å². The number of alkyl halides is 1. The number of nitrogens with one attached hydrogen (secondary N) is 3. The van der Waals surface area contributed by atoms with E-state index in [9.17, 15) is 9.18 Å². The van der Waals surface area contributed by atoms with Crippen LogP contribution in [0.2, 0.25) is 0 Å². The summed E-state index contributed by atoms with van der Waals surface area (Å²) in [5, 5.41) is 17.4. The van der Waals surface area contributed by atoms with Crippen molar-refractivity contribution in [3.05, 3.63) is 35.4 Å². The summed E-state index contributed by atoms with van der Waals surface area (Å²) in [6, 6.07) is 3.52. The largest absolute Gasteiger partial charge is 0.441 e. The fourth-order valence-corrected chi connectivity index (χ4v) is 3.80. The number of amides is 1. The van der Waals surface area contributed by atoms with E-state index in [2.05, 4.69) is 30.9 Å². The van der Waals surface area contributed by atoms with Crippen LogP contribution >= 0.6 is 0 Å². The lowest BCUT2D eigenvalue weighted by Gasteiger charge is -2.17. The van der Waals surface area contributed by atoms with E-state index in [0.29, 0.717) is 23.9 Å². The number of aromatic nitrogens is 5. The summed E-state index contributed by atoms with van der Waals surface area (Å²) >= 11 is 0. The van der Waals surface area contributed by atoms with Crippen LogP contribution in [0.25, 0.3) is 5.52 Å². The van der Waals surface area contributed by atoms with Crippen molar-refractivity contribution in [2.45, 2.75) is 57.2 Å². The Morgan fingerprint density at radius 3 is 3.00 bits per heavy atom. The number of rotatable bonds is 7. The third-order valence-electron chi connectivity index (χ3n) is 5.82. The minimum Gasteiger partial charge on any atom is -0.441 e. The minimum atomic E-state index is -1.52. The average molecular weight is 459 g/mol. The summed E-state index contributed by atoms with van der Waals surface area (Å²) in [5.74, 6) is 0.998. The monoisotopic (exact) mass is 459 g/mol. The van der Waals surface area contributed by atoms with E-state index < -0.39 is 24.5 Å². The van der Waals surface area contributed by atoms with E-state index in [-0.39, 0.29) is 12.1 Å². The van der Waals surface area contributed by atoms with Crippen LogP contribution in [0.4, 0.5) is 20.8 Å². The Labute approximate surface area is 189 Å². The molecule has 3 atom stereocenters. The summed E-state index contributed by atoms with van der Waals surface area (Å²) in [4.78, 5) is 16.6. The highest BCUT2D eigenvalue weighted by Crippen LogP contribution is 2.36. The number of carbonyl (C=O) groups excluding carboxylic acids is 1. The molecule has 0 aromatic carbocycles. The molecule has 33 heavy (non-hydrogen) atoms. The predicted molar refractivity (Wildman–Crippen MR) is 115 cm³/mol. The molecule has 4 heterocycles. The van der Waals surface area contributed by atoms with Crippen LogP contribution in [0.3, 0.4) is 0 Å². The molecule has 1 aliphatic heterocycles. The summed E-state index contributed by atoms with van der Waals surface area (Å²) in [5.41, 5.74) is 2.47. The number of H-pyrrole nitrogens is 1. The first kappa shape index (κ1) is 21.6. The number of carbonyl (C=O) groups is 1. The second-order valence-electron chi connectivity index (χ2n) is 8.79. The lowest BCUT2D eigenvalue weighted by atomic mass is 10.1. The lowest BCUT2D eigenvalue weighted by molar-refractivity contribution is 0.0604. The van der Waals surface area contributed by atoms with Gasteiger partial charge < -0.3 is 24.8 Å². The molecule has 0 unspecified atom stereocenters. The molecule has 3 aromatic rings. The fourth-order valence-electron chi connectivity index (χ4n) is 3.80. The van der Waals surface area contributed by atoms with Gasteiger partial charge in [-0.25, -0.2) is 18.7 Å². The van der Waals surface area contributed by atoms with E-state index in [0.717, 1.165) is 29.7 Å². The predicted octanol–water partition coefficient (Wildman–Crippen LogP) is 2.71. The van der Waals surface area contributed by atoms with Crippen LogP contribution in [0.15, 0.2) is 18.3 Å². The molecule has 2 aliphatic rings. The number of methoxy groups -OCH3 is 1. The Balaban J connectivity index is 1.27. The number of anilines is 2. The summed E-state index contributed by atoms with van der Waals surface area (Å²) < 4.78 is 32.7. The minimum absolute atomic E-state index is 0.0318. The quantitative estimate of drug-likeness (QED) is 0.492. The number of hydrogen-bond acceptors (Lipinski definition) is 8. The lowest BCUT2D eigenvalue weighted by Crippen LogP contribution is -2.39. The van der Waals surface area contributed by atoms with Crippen molar-refractivity contribution < 1.29 is 23.4 Å². The molecule has 1 amide bonds. The van der Waals surface area contributed by atoms with Crippen molar-refractivity contribution in [3.8, 4) is 0 Å². The van der Waals surface area contributed by atoms with Crippen LogP contribution in [0.5, 0.6) is 0 Å². The maximum absolute atomic E-state index is 15.0. The molecule has 11 nitrogen and oxygen atoms in total. The fraction of sp³-hybridized carbons (Fsp3) is 0.524. The molecule has 0 radical (unpaired) electrons. The van der Waals surface area contributed by atoms with Gasteiger partial charge in [0, 0.05) is 18.7 Å². The van der Waals surface area contributed by atoms with Crippen LogP contribution in [-0.4, -0.2) is 62.4 Å². The van der Waals surface area contributed by atoms with Gasteiger partial charge in [-0.3, -0.25) is 5.10 Å². The second kappa shape index (κ2) is 8.27. The van der Waals surface area contributed by atoms with Gasteiger partial charge in [0.2, 0.25) is 0 Å². The zero-order chi connectivity index (χ0) is 23.2. The van der Waals surface area contributed by atoms with Gasteiger partial charge in [0.15, 0.2) is 23.9 Å². The Bertz CT molecular complexity index is 1170. The number of aryl methyl sites for hydroxylation is 1. The van der Waals surface area contributed by atoms with Crippen molar-refractivity contribution in [3.63, 3.8) is 0 Å². The van der Waals surface area contributed by atoms with Crippen LogP contribution in [0.1, 0.15) is 43.0 Å². The van der Waals surface area contributed by atoms with E-state index in [4.69, 9.17) is 14.2 Å². The molecule has 1 aliphatic carbocycles. The number of fused-ring (bicyclic) bond motifs is 1. The third kappa shape index (κ3) is 4.48. The smallest absolute Gasteiger partial charge is 0.408 e. The molecule has 5 rings (SSSR count). The molecule has 1 saturated heterocycles. The van der Waals surface area contributed by atoms with Gasteiger partial charge in [0.05, 0.1) is 36.5 Å². The number of aromatic amines is 1. The van der Waals surface area contributed by atoms with Gasteiger partial charge in [0.1, 0.15) is 11.6 Å². The van der Waals surface area contributed by atoms with Crippen molar-refractivity contribution >= 4 is 23.2 Å². The van der Waals surface area contributed by atoms with Gasteiger partial charge in [-0.15, -0.1) is 0 Å². The molecule has 3 aromatic heterocycles. The molecule has 0 bridgehead atoms. The van der Waals surface area contributed by atoms with Gasteiger partial charge >= 0.3 is 6.09 Å². The molecular formula is C21H26FN7O4. The maximum atomic E-state index is 15.0. The van der Waals surface area contributed by atoms with Crippen molar-refractivity contribution in [1.29, 1.82) is 0 Å². The molecule has 0 spiro atoms. The summed E-state index contributed by atoms with van der Waals surface area (Å²) in [7, 11) is 1.61. The van der Waals surface area contributed by atoms with Crippen LogP contribution in [0, 0.1) is 6.92 Å². The SMILES string of the molecule is COCc1cc2c(Nc3cc([C@H]4OC[C@@H](OC(=O)NC5(C)CC5)[C@H]4F)[nH]n3)nc(C)cn2n1. The Kier molecular flexibility index (Phi) is 5.41. The van der Waals surface area contributed by atoms with Crippen molar-refractivity contribution in [2.75, 3.05) is 19.0 Å². The highest BCUT2D eigenvalue weighted by molar-refractivity contribution is 5.72. The number of halogens is 1. The van der Waals surface area contributed by atoms with Gasteiger partial charge in [-0.05, 0) is 32.8 Å². The van der Waals surface area contributed by atoms with E-state index in [1.807, 2.05) is 26.1 Å². The molecule has 2 fully saturated rings. The Hall–Kier alpha value is -3.25. The molecule has 3 N–H and O–H groups in total. The van der Waals surface area contributed by atoms with E-state index >= 15 is 0 Å². The molecule has 176 valence electrons. The van der Waals surface area contributed by atoms with Gasteiger partial charge in [0.25, 0.3) is 0 Å². The normalized spacial score (nSPS) is 23.6. The average Bonchev–Trinajstić information content (AvgIpc) is 3.11. The van der Waals surface area contributed by atoms with Crippen molar-refractivity contribution in [2.24, 2.45) is 0 Å². The first-order valence-corrected chi connectivity index (χ1v) is 10.8. The molecule has 1 saturated carbocycles. The molecule has 12 heteroatoms.